The number of nitrogens with one attached hydrogen (secondary N) is 1. The largest absolute Gasteiger partial charge is 0.366 e. The van der Waals surface area contributed by atoms with E-state index in [1.807, 2.05) is 17.8 Å². The molecule has 1 atom stereocenters. The van der Waals surface area contributed by atoms with Gasteiger partial charge in [-0.25, -0.2) is 4.98 Å². The van der Waals surface area contributed by atoms with E-state index < -0.39 is 0 Å². The first kappa shape index (κ1) is 14.2. The van der Waals surface area contributed by atoms with Crippen LogP contribution in [0.2, 0.25) is 0 Å². The molecule has 0 saturated carbocycles. The number of nitriles is 1. The molecule has 1 aliphatic carbocycles. The van der Waals surface area contributed by atoms with Gasteiger partial charge in [0.15, 0.2) is 0 Å². The Morgan fingerprint density at radius 1 is 1.53 bits per heavy atom. The molecule has 0 saturated heterocycles. The van der Waals surface area contributed by atoms with Gasteiger partial charge >= 0.3 is 0 Å². The van der Waals surface area contributed by atoms with Crippen molar-refractivity contribution in [2.75, 3.05) is 16.8 Å². The standard InChI is InChI=1S/C15H21N3S/c1-3-19-8-7-11(2)17-15-13(10-16)9-12-5-4-6-14(12)18-15/h9,11H,3-8H2,1-2H3,(H,17,18). The van der Waals surface area contributed by atoms with Crippen LogP contribution in [0.1, 0.15) is 43.5 Å². The van der Waals surface area contributed by atoms with Gasteiger partial charge in [-0.05, 0) is 55.7 Å². The summed E-state index contributed by atoms with van der Waals surface area (Å²) in [5.41, 5.74) is 3.13. The summed E-state index contributed by atoms with van der Waals surface area (Å²) in [7, 11) is 0. The number of fused-ring (bicyclic) bond motifs is 1. The van der Waals surface area contributed by atoms with Crippen LogP contribution in [0, 0.1) is 11.3 Å². The maximum Gasteiger partial charge on any atom is 0.144 e. The highest BCUT2D eigenvalue weighted by Gasteiger charge is 2.17. The van der Waals surface area contributed by atoms with Crippen LogP contribution < -0.4 is 5.32 Å². The van der Waals surface area contributed by atoms with Gasteiger partial charge in [-0.2, -0.15) is 17.0 Å². The highest BCUT2D eigenvalue weighted by atomic mass is 32.2. The van der Waals surface area contributed by atoms with Crippen LogP contribution in [0.15, 0.2) is 6.07 Å². The number of thioether (sulfide) groups is 1. The normalized spacial score (nSPS) is 14.8. The van der Waals surface area contributed by atoms with E-state index in [0.717, 1.165) is 36.6 Å². The van der Waals surface area contributed by atoms with E-state index in [0.29, 0.717) is 11.6 Å². The Hall–Kier alpha value is -1.21. The van der Waals surface area contributed by atoms with Gasteiger partial charge in [0.25, 0.3) is 0 Å². The Bertz CT molecular complexity index is 479. The van der Waals surface area contributed by atoms with Gasteiger partial charge in [0.2, 0.25) is 0 Å². The summed E-state index contributed by atoms with van der Waals surface area (Å²) in [6, 6.07) is 4.65. The first-order valence-electron chi connectivity index (χ1n) is 7.01. The van der Waals surface area contributed by atoms with Crippen molar-refractivity contribution in [1.29, 1.82) is 5.26 Å². The molecule has 0 spiro atoms. The maximum absolute atomic E-state index is 9.24. The molecule has 1 aromatic heterocycles. The zero-order chi connectivity index (χ0) is 13.7. The molecule has 1 aliphatic rings. The van der Waals surface area contributed by atoms with Gasteiger partial charge < -0.3 is 5.32 Å². The lowest BCUT2D eigenvalue weighted by atomic mass is 10.1. The van der Waals surface area contributed by atoms with Gasteiger partial charge in [0, 0.05) is 11.7 Å². The molecule has 1 aromatic rings. The van der Waals surface area contributed by atoms with Gasteiger partial charge in [-0.15, -0.1) is 0 Å². The molecule has 3 nitrogen and oxygen atoms in total. The number of hydrogen-bond acceptors (Lipinski definition) is 4. The Morgan fingerprint density at radius 2 is 2.37 bits per heavy atom. The molecule has 0 fully saturated rings. The number of aryl methyl sites for hydroxylation is 2. The number of aromatic nitrogens is 1. The van der Waals surface area contributed by atoms with Gasteiger partial charge in [-0.1, -0.05) is 6.92 Å². The Kier molecular flexibility index (Phi) is 5.09. The number of nitrogens with zero attached hydrogens (tertiary/aromatic N) is 2. The van der Waals surface area contributed by atoms with E-state index in [2.05, 4.69) is 30.2 Å². The number of hydrogen-bond donors (Lipinski definition) is 1. The number of anilines is 1. The van der Waals surface area contributed by atoms with Gasteiger partial charge in [-0.3, -0.25) is 0 Å². The summed E-state index contributed by atoms with van der Waals surface area (Å²) < 4.78 is 0. The number of pyridine rings is 1. The molecule has 0 aromatic carbocycles. The highest BCUT2D eigenvalue weighted by molar-refractivity contribution is 7.99. The van der Waals surface area contributed by atoms with Crippen LogP contribution in [0.25, 0.3) is 0 Å². The minimum absolute atomic E-state index is 0.359. The first-order chi connectivity index (χ1) is 9.24. The third-order valence-electron chi connectivity index (χ3n) is 3.45. The third-order valence-corrected chi connectivity index (χ3v) is 4.39. The van der Waals surface area contributed by atoms with Crippen molar-refractivity contribution in [3.8, 4) is 6.07 Å². The van der Waals surface area contributed by atoms with E-state index in [1.165, 1.54) is 17.7 Å². The monoisotopic (exact) mass is 275 g/mol. The van der Waals surface area contributed by atoms with Crippen molar-refractivity contribution >= 4 is 17.6 Å². The lowest BCUT2D eigenvalue weighted by molar-refractivity contribution is 0.764. The summed E-state index contributed by atoms with van der Waals surface area (Å²) >= 11 is 1.95. The van der Waals surface area contributed by atoms with Crippen molar-refractivity contribution in [3.05, 3.63) is 22.9 Å². The molecule has 0 radical (unpaired) electrons. The third kappa shape index (κ3) is 3.63. The summed E-state index contributed by atoms with van der Waals surface area (Å²) in [5.74, 6) is 3.09. The zero-order valence-corrected chi connectivity index (χ0v) is 12.5. The van der Waals surface area contributed by atoms with Crippen molar-refractivity contribution in [3.63, 3.8) is 0 Å². The van der Waals surface area contributed by atoms with E-state index in [9.17, 15) is 5.26 Å². The summed E-state index contributed by atoms with van der Waals surface area (Å²) in [6.07, 6.45) is 4.39. The average Bonchev–Trinajstić information content (AvgIpc) is 2.85. The summed E-state index contributed by atoms with van der Waals surface area (Å²) in [4.78, 5) is 4.65. The predicted octanol–water partition coefficient (Wildman–Crippen LogP) is 3.39. The van der Waals surface area contributed by atoms with E-state index >= 15 is 0 Å². The first-order valence-corrected chi connectivity index (χ1v) is 8.17. The minimum Gasteiger partial charge on any atom is -0.366 e. The summed E-state index contributed by atoms with van der Waals surface area (Å²) in [5, 5.41) is 12.6. The molecule has 1 heterocycles. The fraction of sp³-hybridized carbons (Fsp3) is 0.600. The Morgan fingerprint density at radius 3 is 3.11 bits per heavy atom. The predicted molar refractivity (Wildman–Crippen MR) is 81.7 cm³/mol. The molecule has 4 heteroatoms. The molecule has 1 unspecified atom stereocenters. The summed E-state index contributed by atoms with van der Waals surface area (Å²) in [6.45, 7) is 4.34. The van der Waals surface area contributed by atoms with E-state index in [-0.39, 0.29) is 0 Å². The number of rotatable bonds is 6. The topological polar surface area (TPSA) is 48.7 Å². The molecule has 0 amide bonds. The molecule has 19 heavy (non-hydrogen) atoms. The van der Waals surface area contributed by atoms with Gasteiger partial charge in [0.1, 0.15) is 11.9 Å². The highest BCUT2D eigenvalue weighted by Crippen LogP contribution is 2.25. The molecule has 0 bridgehead atoms. The second kappa shape index (κ2) is 6.81. The SMILES string of the molecule is CCSCCC(C)Nc1nc2c(cc1C#N)CCC2. The second-order valence-corrected chi connectivity index (χ2v) is 6.38. The Labute approximate surface area is 119 Å². The molecule has 102 valence electrons. The van der Waals surface area contributed by atoms with Crippen molar-refractivity contribution in [1.82, 2.24) is 4.98 Å². The van der Waals surface area contributed by atoms with Crippen LogP contribution in [-0.4, -0.2) is 22.5 Å². The zero-order valence-electron chi connectivity index (χ0n) is 11.7. The molecule has 0 aliphatic heterocycles. The lowest BCUT2D eigenvalue weighted by Gasteiger charge is -2.16. The lowest BCUT2D eigenvalue weighted by Crippen LogP contribution is -2.18. The quantitative estimate of drug-likeness (QED) is 0.809. The smallest absolute Gasteiger partial charge is 0.144 e. The molecule has 2 rings (SSSR count). The Balaban J connectivity index is 2.05. The van der Waals surface area contributed by atoms with Crippen LogP contribution in [-0.2, 0) is 12.8 Å². The fourth-order valence-corrected chi connectivity index (χ4v) is 3.19. The molecular formula is C15H21N3S. The maximum atomic E-state index is 9.24. The van der Waals surface area contributed by atoms with E-state index in [1.54, 1.807) is 0 Å². The van der Waals surface area contributed by atoms with Gasteiger partial charge in [0.05, 0.1) is 5.56 Å². The van der Waals surface area contributed by atoms with Crippen molar-refractivity contribution < 1.29 is 0 Å². The van der Waals surface area contributed by atoms with Crippen LogP contribution in [0.4, 0.5) is 5.82 Å². The van der Waals surface area contributed by atoms with E-state index in [4.69, 9.17) is 0 Å². The van der Waals surface area contributed by atoms with Crippen molar-refractivity contribution in [2.24, 2.45) is 0 Å². The second-order valence-electron chi connectivity index (χ2n) is 4.99. The van der Waals surface area contributed by atoms with Crippen LogP contribution >= 0.6 is 11.8 Å². The molecule has 1 N–H and O–H groups in total. The average molecular weight is 275 g/mol. The van der Waals surface area contributed by atoms with Crippen LogP contribution in [0.3, 0.4) is 0 Å². The fourth-order valence-electron chi connectivity index (χ4n) is 2.38. The van der Waals surface area contributed by atoms with Crippen molar-refractivity contribution in [2.45, 2.75) is 45.6 Å². The minimum atomic E-state index is 0.359. The van der Waals surface area contributed by atoms with Crippen LogP contribution in [0.5, 0.6) is 0 Å². The molecular weight excluding hydrogens is 254 g/mol.